The lowest BCUT2D eigenvalue weighted by Gasteiger charge is -2.32. The first-order valence-corrected chi connectivity index (χ1v) is 6.84. The summed E-state index contributed by atoms with van der Waals surface area (Å²) < 4.78 is 0. The highest BCUT2D eigenvalue weighted by atomic mass is 16.2. The highest BCUT2D eigenvalue weighted by molar-refractivity contribution is 5.82. The Hall–Kier alpha value is -1.12. The molecule has 1 aliphatic carbocycles. The Kier molecular flexibility index (Phi) is 4.20. The number of amides is 1. The summed E-state index contributed by atoms with van der Waals surface area (Å²) in [5, 5.41) is 9.01. The van der Waals surface area contributed by atoms with Gasteiger partial charge in [-0.1, -0.05) is 0 Å². The summed E-state index contributed by atoms with van der Waals surface area (Å²) in [7, 11) is 0. The first-order chi connectivity index (χ1) is 8.63. The van der Waals surface area contributed by atoms with Gasteiger partial charge in [0, 0.05) is 12.6 Å². The normalized spacial score (nSPS) is 34.1. The Morgan fingerprint density at radius 1 is 1.28 bits per heavy atom. The summed E-state index contributed by atoms with van der Waals surface area (Å²) in [6, 6.07) is 1.73. The van der Waals surface area contributed by atoms with E-state index in [1.807, 2.05) is 0 Å². The molecule has 1 aliphatic heterocycles. The number of rotatable bonds is 2. The van der Waals surface area contributed by atoms with E-state index in [1.54, 1.807) is 4.90 Å². The molecular formula is C13H22N4O. The lowest BCUT2D eigenvalue weighted by molar-refractivity contribution is -0.134. The number of carbonyl (C=O) groups excluding carboxylic acids is 1. The summed E-state index contributed by atoms with van der Waals surface area (Å²) >= 11 is 0. The number of hydrogen-bond acceptors (Lipinski definition) is 4. The Bertz CT molecular complexity index is 343. The molecule has 1 amide bonds. The highest BCUT2D eigenvalue weighted by Gasteiger charge is 2.35. The van der Waals surface area contributed by atoms with Gasteiger partial charge in [-0.3, -0.25) is 4.79 Å². The quantitative estimate of drug-likeness (QED) is 0.739. The minimum Gasteiger partial charge on any atom is -0.328 e. The van der Waals surface area contributed by atoms with Gasteiger partial charge in [0.05, 0.1) is 12.1 Å². The van der Waals surface area contributed by atoms with Gasteiger partial charge in [-0.05, 0) is 44.4 Å². The summed E-state index contributed by atoms with van der Waals surface area (Å²) in [5.74, 6) is 0.191. The van der Waals surface area contributed by atoms with Crippen LogP contribution in [0.5, 0.6) is 0 Å². The van der Waals surface area contributed by atoms with Gasteiger partial charge in [-0.25, -0.2) is 0 Å². The van der Waals surface area contributed by atoms with Gasteiger partial charge in [0.2, 0.25) is 5.91 Å². The maximum atomic E-state index is 12.3. The van der Waals surface area contributed by atoms with Gasteiger partial charge in [0.15, 0.2) is 0 Å². The third-order valence-corrected chi connectivity index (χ3v) is 4.29. The standard InChI is InChI=1S/C13H22N4O/c14-8-11-2-1-7-17(11)13(18)12(16)9-3-5-10(15)6-4-9/h9-12H,1-7,15-16H2/t9?,10?,11-,12-/m0/s1. The third kappa shape index (κ3) is 2.65. The van der Waals surface area contributed by atoms with Crippen molar-refractivity contribution in [2.75, 3.05) is 6.54 Å². The maximum Gasteiger partial charge on any atom is 0.240 e. The average molecular weight is 250 g/mol. The van der Waals surface area contributed by atoms with Crippen molar-refractivity contribution in [2.24, 2.45) is 17.4 Å². The molecule has 0 bridgehead atoms. The molecule has 1 heterocycles. The van der Waals surface area contributed by atoms with E-state index in [4.69, 9.17) is 16.7 Å². The minimum atomic E-state index is -0.452. The van der Waals surface area contributed by atoms with Crippen LogP contribution in [0.15, 0.2) is 0 Å². The van der Waals surface area contributed by atoms with Gasteiger partial charge >= 0.3 is 0 Å². The van der Waals surface area contributed by atoms with E-state index in [-0.39, 0.29) is 23.9 Å². The summed E-state index contributed by atoms with van der Waals surface area (Å²) in [5.41, 5.74) is 12.0. The van der Waals surface area contributed by atoms with Crippen LogP contribution in [0.3, 0.4) is 0 Å². The molecule has 5 nitrogen and oxygen atoms in total. The van der Waals surface area contributed by atoms with Gasteiger partial charge in [-0.15, -0.1) is 0 Å². The van der Waals surface area contributed by atoms with E-state index in [0.717, 1.165) is 38.5 Å². The second kappa shape index (κ2) is 5.68. The van der Waals surface area contributed by atoms with Gasteiger partial charge < -0.3 is 16.4 Å². The molecule has 2 fully saturated rings. The van der Waals surface area contributed by atoms with Crippen LogP contribution in [-0.2, 0) is 4.79 Å². The number of carbonyl (C=O) groups is 1. The molecule has 0 aromatic rings. The van der Waals surface area contributed by atoms with Crippen LogP contribution in [0.1, 0.15) is 38.5 Å². The fraction of sp³-hybridized carbons (Fsp3) is 0.846. The molecule has 0 spiro atoms. The van der Waals surface area contributed by atoms with Crippen molar-refractivity contribution in [3.8, 4) is 6.07 Å². The molecule has 1 saturated heterocycles. The van der Waals surface area contributed by atoms with Gasteiger partial charge in [0.25, 0.3) is 0 Å². The summed E-state index contributed by atoms with van der Waals surface area (Å²) in [6.07, 6.45) is 5.45. The van der Waals surface area contributed by atoms with Crippen LogP contribution in [-0.4, -0.2) is 35.5 Å². The zero-order chi connectivity index (χ0) is 13.1. The predicted molar refractivity (Wildman–Crippen MR) is 68.3 cm³/mol. The minimum absolute atomic E-state index is 0.0421. The molecule has 0 aromatic heterocycles. The topological polar surface area (TPSA) is 96.1 Å². The van der Waals surface area contributed by atoms with Crippen LogP contribution < -0.4 is 11.5 Å². The zero-order valence-corrected chi connectivity index (χ0v) is 10.7. The number of nitrogens with two attached hydrogens (primary N) is 2. The molecule has 2 atom stereocenters. The number of nitriles is 1. The number of nitrogens with zero attached hydrogens (tertiary/aromatic N) is 2. The number of hydrogen-bond donors (Lipinski definition) is 2. The number of likely N-dealkylation sites (tertiary alicyclic amines) is 1. The van der Waals surface area contributed by atoms with E-state index in [1.165, 1.54) is 0 Å². The first-order valence-electron chi connectivity index (χ1n) is 6.84. The van der Waals surface area contributed by atoms with Crippen molar-refractivity contribution >= 4 is 5.91 Å². The molecule has 18 heavy (non-hydrogen) atoms. The molecule has 0 aromatic carbocycles. The smallest absolute Gasteiger partial charge is 0.240 e. The molecule has 0 unspecified atom stereocenters. The Morgan fingerprint density at radius 2 is 1.94 bits per heavy atom. The van der Waals surface area contributed by atoms with Gasteiger partial charge in [0.1, 0.15) is 6.04 Å². The fourth-order valence-electron chi connectivity index (χ4n) is 3.06. The molecule has 2 rings (SSSR count). The average Bonchev–Trinajstić information content (AvgIpc) is 2.86. The van der Waals surface area contributed by atoms with Crippen LogP contribution in [0, 0.1) is 17.2 Å². The van der Waals surface area contributed by atoms with Crippen LogP contribution >= 0.6 is 0 Å². The van der Waals surface area contributed by atoms with Crippen molar-refractivity contribution in [3.05, 3.63) is 0 Å². The molecule has 4 N–H and O–H groups in total. The van der Waals surface area contributed by atoms with E-state index in [2.05, 4.69) is 6.07 Å². The third-order valence-electron chi connectivity index (χ3n) is 4.29. The summed E-state index contributed by atoms with van der Waals surface area (Å²) in [4.78, 5) is 14.0. The predicted octanol–water partition coefficient (Wildman–Crippen LogP) is 0.346. The molecule has 1 saturated carbocycles. The molecule has 100 valence electrons. The van der Waals surface area contributed by atoms with E-state index in [9.17, 15) is 4.79 Å². The van der Waals surface area contributed by atoms with Crippen LogP contribution in [0.25, 0.3) is 0 Å². The Morgan fingerprint density at radius 3 is 2.56 bits per heavy atom. The van der Waals surface area contributed by atoms with E-state index < -0.39 is 6.04 Å². The second-order valence-corrected chi connectivity index (χ2v) is 5.52. The van der Waals surface area contributed by atoms with Crippen molar-refractivity contribution in [3.63, 3.8) is 0 Å². The zero-order valence-electron chi connectivity index (χ0n) is 10.7. The second-order valence-electron chi connectivity index (χ2n) is 5.52. The van der Waals surface area contributed by atoms with E-state index in [0.29, 0.717) is 6.54 Å². The summed E-state index contributed by atoms with van der Waals surface area (Å²) in [6.45, 7) is 0.678. The van der Waals surface area contributed by atoms with Crippen LogP contribution in [0.4, 0.5) is 0 Å². The molecule has 0 radical (unpaired) electrons. The fourth-order valence-corrected chi connectivity index (χ4v) is 3.06. The van der Waals surface area contributed by atoms with Crippen molar-refractivity contribution in [1.82, 2.24) is 4.90 Å². The Balaban J connectivity index is 1.94. The van der Waals surface area contributed by atoms with Crippen molar-refractivity contribution < 1.29 is 4.79 Å². The maximum absolute atomic E-state index is 12.3. The molecule has 2 aliphatic rings. The first kappa shape index (κ1) is 13.3. The lowest BCUT2D eigenvalue weighted by Crippen LogP contribution is -2.50. The lowest BCUT2D eigenvalue weighted by atomic mass is 9.81. The van der Waals surface area contributed by atoms with Gasteiger partial charge in [-0.2, -0.15) is 5.26 Å². The largest absolute Gasteiger partial charge is 0.328 e. The van der Waals surface area contributed by atoms with Crippen molar-refractivity contribution in [1.29, 1.82) is 5.26 Å². The molecular weight excluding hydrogens is 228 g/mol. The van der Waals surface area contributed by atoms with Crippen LogP contribution in [0.2, 0.25) is 0 Å². The van der Waals surface area contributed by atoms with E-state index >= 15 is 0 Å². The van der Waals surface area contributed by atoms with Crippen molar-refractivity contribution in [2.45, 2.75) is 56.7 Å². The Labute approximate surface area is 108 Å². The monoisotopic (exact) mass is 250 g/mol. The highest BCUT2D eigenvalue weighted by Crippen LogP contribution is 2.27. The SMILES string of the molecule is N#C[C@@H]1CCCN1C(=O)[C@@H](N)C1CCC(N)CC1. The molecule has 5 heteroatoms.